The summed E-state index contributed by atoms with van der Waals surface area (Å²) in [5, 5.41) is 12.1. The zero-order chi connectivity index (χ0) is 10.2. The first-order valence-corrected chi connectivity index (χ1v) is 6.00. The van der Waals surface area contributed by atoms with Gasteiger partial charge in [0.2, 0.25) is 0 Å². The molecule has 2 rings (SSSR count). The molecule has 2 atom stereocenters. The van der Waals surface area contributed by atoms with Gasteiger partial charge in [-0.2, -0.15) is 0 Å². The summed E-state index contributed by atoms with van der Waals surface area (Å²) in [5.74, 6) is -0.0169. The summed E-state index contributed by atoms with van der Waals surface area (Å²) in [6.45, 7) is 5.27. The Bertz CT molecular complexity index is 249. The second kappa shape index (κ2) is 3.72. The minimum atomic E-state index is -0.718. The molecule has 2 saturated heterocycles. The third-order valence-electron chi connectivity index (χ3n) is 3.02. The van der Waals surface area contributed by atoms with Crippen molar-refractivity contribution in [1.29, 1.82) is 0 Å². The van der Waals surface area contributed by atoms with Crippen molar-refractivity contribution in [2.24, 2.45) is 0 Å². The Morgan fingerprint density at radius 3 is 3.07 bits per heavy atom. The fourth-order valence-electron chi connectivity index (χ4n) is 2.14. The Labute approximate surface area is 88.0 Å². The molecule has 2 fully saturated rings. The van der Waals surface area contributed by atoms with Crippen molar-refractivity contribution in [2.75, 3.05) is 25.4 Å². The van der Waals surface area contributed by atoms with Gasteiger partial charge in [-0.3, -0.25) is 10.1 Å². The van der Waals surface area contributed by atoms with Gasteiger partial charge in [-0.1, -0.05) is 6.92 Å². The van der Waals surface area contributed by atoms with Crippen LogP contribution >= 0.6 is 11.8 Å². The summed E-state index contributed by atoms with van der Waals surface area (Å²) in [7, 11) is 0. The molecule has 2 aliphatic heterocycles. The number of nitrogens with zero attached hydrogens (tertiary/aromatic N) is 1. The molecule has 0 bridgehead atoms. The molecule has 0 aromatic rings. The van der Waals surface area contributed by atoms with Crippen LogP contribution in [-0.4, -0.2) is 52.3 Å². The number of aliphatic carboxylic acids is 1. The summed E-state index contributed by atoms with van der Waals surface area (Å²) in [6, 6.07) is -0.350. The first-order chi connectivity index (χ1) is 6.65. The third kappa shape index (κ3) is 1.76. The highest BCUT2D eigenvalue weighted by atomic mass is 32.2. The summed E-state index contributed by atoms with van der Waals surface area (Å²) in [4.78, 5) is 13.2. The van der Waals surface area contributed by atoms with Gasteiger partial charge in [0.25, 0.3) is 0 Å². The lowest BCUT2D eigenvalue weighted by atomic mass is 10.2. The molecule has 0 aromatic carbocycles. The molecule has 2 N–H and O–H groups in total. The molecule has 0 radical (unpaired) electrons. The number of carboxylic acid groups (broad SMARTS) is 1. The van der Waals surface area contributed by atoms with Gasteiger partial charge in [0.1, 0.15) is 6.04 Å². The highest BCUT2D eigenvalue weighted by molar-refractivity contribution is 8.01. The smallest absolute Gasteiger partial charge is 0.321 e. The minimum absolute atomic E-state index is 0.0269. The van der Waals surface area contributed by atoms with Crippen LogP contribution in [0.2, 0.25) is 0 Å². The molecule has 80 valence electrons. The van der Waals surface area contributed by atoms with Crippen LogP contribution in [0.4, 0.5) is 0 Å². The van der Waals surface area contributed by atoms with Crippen molar-refractivity contribution >= 4 is 17.7 Å². The number of likely N-dealkylation sites (N-methyl/N-ethyl adjacent to an activating group) is 1. The Morgan fingerprint density at radius 2 is 2.57 bits per heavy atom. The standard InChI is InChI=1S/C9H16N2O2S/c1-2-11-4-3-9(6-11)10-7(5-14-9)8(12)13/h7,10H,2-6H2,1H3,(H,12,13)/t7-,9?/m1/s1. The van der Waals surface area contributed by atoms with Crippen LogP contribution in [0, 0.1) is 0 Å². The van der Waals surface area contributed by atoms with Crippen LogP contribution in [0.3, 0.4) is 0 Å². The Balaban J connectivity index is 1.97. The zero-order valence-electron chi connectivity index (χ0n) is 8.32. The summed E-state index contributed by atoms with van der Waals surface area (Å²) < 4.78 is 0. The normalized spacial score (nSPS) is 38.2. The van der Waals surface area contributed by atoms with Crippen LogP contribution in [0.1, 0.15) is 13.3 Å². The molecular weight excluding hydrogens is 200 g/mol. The van der Waals surface area contributed by atoms with E-state index in [0.29, 0.717) is 5.75 Å². The molecule has 1 unspecified atom stereocenters. The maximum absolute atomic E-state index is 10.8. The molecule has 14 heavy (non-hydrogen) atoms. The zero-order valence-corrected chi connectivity index (χ0v) is 9.14. The summed E-state index contributed by atoms with van der Waals surface area (Å²) >= 11 is 1.77. The number of nitrogens with one attached hydrogen (secondary N) is 1. The number of likely N-dealkylation sites (tertiary alicyclic amines) is 1. The van der Waals surface area contributed by atoms with E-state index in [1.165, 1.54) is 0 Å². The number of carbonyl (C=O) groups is 1. The quantitative estimate of drug-likeness (QED) is 0.690. The van der Waals surface area contributed by atoms with E-state index in [9.17, 15) is 4.79 Å². The lowest BCUT2D eigenvalue weighted by Gasteiger charge is -2.23. The largest absolute Gasteiger partial charge is 0.480 e. The van der Waals surface area contributed by atoms with Crippen LogP contribution in [0.25, 0.3) is 0 Å². The van der Waals surface area contributed by atoms with Gasteiger partial charge in [-0.25, -0.2) is 0 Å². The first kappa shape index (κ1) is 10.3. The molecule has 0 aliphatic carbocycles. The van der Waals surface area contributed by atoms with E-state index in [-0.39, 0.29) is 10.9 Å². The molecule has 2 aliphatic rings. The fraction of sp³-hybridized carbons (Fsp3) is 0.889. The highest BCUT2D eigenvalue weighted by Crippen LogP contribution is 2.38. The monoisotopic (exact) mass is 216 g/mol. The summed E-state index contributed by atoms with van der Waals surface area (Å²) in [6.07, 6.45) is 1.06. The first-order valence-electron chi connectivity index (χ1n) is 5.02. The van der Waals surface area contributed by atoms with E-state index in [1.807, 2.05) is 0 Å². The van der Waals surface area contributed by atoms with Gasteiger partial charge in [0.05, 0.1) is 4.87 Å². The van der Waals surface area contributed by atoms with Gasteiger partial charge < -0.3 is 10.0 Å². The average Bonchev–Trinajstić information content (AvgIpc) is 2.74. The number of thioether (sulfide) groups is 1. The number of rotatable bonds is 2. The van der Waals surface area contributed by atoms with Crippen molar-refractivity contribution in [2.45, 2.75) is 24.3 Å². The lowest BCUT2D eigenvalue weighted by molar-refractivity contribution is -0.138. The second-order valence-corrected chi connectivity index (χ2v) is 5.36. The molecule has 4 nitrogen and oxygen atoms in total. The van der Waals surface area contributed by atoms with Gasteiger partial charge >= 0.3 is 5.97 Å². The van der Waals surface area contributed by atoms with Gasteiger partial charge in [0, 0.05) is 18.8 Å². The number of hydrogen-bond donors (Lipinski definition) is 2. The predicted octanol–water partition coefficient (Wildman–Crippen LogP) is 0.198. The Hall–Kier alpha value is -0.260. The van der Waals surface area contributed by atoms with Crippen molar-refractivity contribution in [3.8, 4) is 0 Å². The number of carboxylic acids is 1. The molecule has 5 heteroatoms. The van der Waals surface area contributed by atoms with Gasteiger partial charge in [0.15, 0.2) is 0 Å². The topological polar surface area (TPSA) is 52.6 Å². The third-order valence-corrected chi connectivity index (χ3v) is 4.52. The molecule has 1 spiro atoms. The van der Waals surface area contributed by atoms with E-state index in [1.54, 1.807) is 11.8 Å². The Kier molecular flexibility index (Phi) is 2.72. The predicted molar refractivity (Wildman–Crippen MR) is 56.5 cm³/mol. The maximum Gasteiger partial charge on any atom is 0.321 e. The highest BCUT2D eigenvalue weighted by Gasteiger charge is 2.45. The number of hydrogen-bond acceptors (Lipinski definition) is 4. The molecule has 2 heterocycles. The molecular formula is C9H16N2O2S. The van der Waals surface area contributed by atoms with E-state index in [2.05, 4.69) is 17.1 Å². The second-order valence-electron chi connectivity index (χ2n) is 3.96. The van der Waals surface area contributed by atoms with Crippen LogP contribution in [0.15, 0.2) is 0 Å². The van der Waals surface area contributed by atoms with E-state index in [4.69, 9.17) is 5.11 Å². The molecule has 0 amide bonds. The fourth-order valence-corrected chi connectivity index (χ4v) is 3.59. The molecule has 0 saturated carbocycles. The van der Waals surface area contributed by atoms with E-state index < -0.39 is 5.97 Å². The summed E-state index contributed by atoms with van der Waals surface area (Å²) in [5.41, 5.74) is 0. The van der Waals surface area contributed by atoms with Crippen LogP contribution in [-0.2, 0) is 4.79 Å². The average molecular weight is 216 g/mol. The van der Waals surface area contributed by atoms with Gasteiger partial charge in [-0.15, -0.1) is 11.8 Å². The maximum atomic E-state index is 10.8. The minimum Gasteiger partial charge on any atom is -0.480 e. The van der Waals surface area contributed by atoms with Crippen molar-refractivity contribution < 1.29 is 9.90 Å². The van der Waals surface area contributed by atoms with Crippen molar-refractivity contribution in [3.05, 3.63) is 0 Å². The van der Waals surface area contributed by atoms with Crippen LogP contribution < -0.4 is 5.32 Å². The van der Waals surface area contributed by atoms with E-state index in [0.717, 1.165) is 26.1 Å². The Morgan fingerprint density at radius 1 is 1.79 bits per heavy atom. The molecule has 0 aromatic heterocycles. The lowest BCUT2D eigenvalue weighted by Crippen LogP contribution is -2.46. The van der Waals surface area contributed by atoms with Crippen molar-refractivity contribution in [1.82, 2.24) is 10.2 Å². The van der Waals surface area contributed by atoms with E-state index >= 15 is 0 Å². The van der Waals surface area contributed by atoms with Gasteiger partial charge in [-0.05, 0) is 13.0 Å². The van der Waals surface area contributed by atoms with Crippen molar-refractivity contribution in [3.63, 3.8) is 0 Å². The van der Waals surface area contributed by atoms with Crippen LogP contribution in [0.5, 0.6) is 0 Å². The SMILES string of the molecule is CCN1CCC2(C1)N[C@@H](C(=O)O)CS2.